The van der Waals surface area contributed by atoms with E-state index >= 15 is 0 Å². The first kappa shape index (κ1) is 29.9. The summed E-state index contributed by atoms with van der Waals surface area (Å²) >= 11 is 0. The van der Waals surface area contributed by atoms with Crippen LogP contribution in [0.2, 0.25) is 0 Å². The van der Waals surface area contributed by atoms with Gasteiger partial charge in [-0.3, -0.25) is 14.2 Å². The molecular formula is C28H37N9O6. The Kier molecular flexibility index (Phi) is 8.89. The highest BCUT2D eigenvalue weighted by atomic mass is 16.6. The molecule has 0 unspecified atom stereocenters. The SMILES string of the molecule is CCc1cc([C@H]2O[C@@H](n3cnc4c(NCCC(C)(C)C)nc(NCCc5cn(C)cn5)nc43)[C@H](OC=O)[C@@H]2OC=O)on1. The molecule has 0 aliphatic carbocycles. The summed E-state index contributed by atoms with van der Waals surface area (Å²) in [5, 5.41) is 10.7. The first-order chi connectivity index (χ1) is 20.7. The topological polar surface area (TPSA) is 173 Å². The van der Waals surface area contributed by atoms with Crippen LogP contribution in [0.5, 0.6) is 0 Å². The van der Waals surface area contributed by atoms with E-state index in [4.69, 9.17) is 28.7 Å². The van der Waals surface area contributed by atoms with Crippen molar-refractivity contribution in [2.75, 3.05) is 23.7 Å². The highest BCUT2D eigenvalue weighted by Gasteiger charge is 2.51. The summed E-state index contributed by atoms with van der Waals surface area (Å²) in [6.45, 7) is 10.2. The fourth-order valence-electron chi connectivity index (χ4n) is 4.90. The Hall–Kier alpha value is -4.53. The predicted molar refractivity (Wildman–Crippen MR) is 154 cm³/mol. The highest BCUT2D eigenvalue weighted by Crippen LogP contribution is 2.43. The van der Waals surface area contributed by atoms with Crippen molar-refractivity contribution < 1.29 is 28.3 Å². The third-order valence-corrected chi connectivity index (χ3v) is 7.12. The highest BCUT2D eigenvalue weighted by molar-refractivity contribution is 5.84. The fourth-order valence-corrected chi connectivity index (χ4v) is 4.90. The number of ether oxygens (including phenoxy) is 3. The molecule has 0 spiro atoms. The Morgan fingerprint density at radius 1 is 1.02 bits per heavy atom. The minimum Gasteiger partial charge on any atom is -0.457 e. The second-order valence-corrected chi connectivity index (χ2v) is 11.6. The van der Waals surface area contributed by atoms with Gasteiger partial charge < -0.3 is 33.9 Å². The average molecular weight is 596 g/mol. The lowest BCUT2D eigenvalue weighted by molar-refractivity contribution is -0.151. The van der Waals surface area contributed by atoms with Crippen LogP contribution in [0.1, 0.15) is 63.6 Å². The number of carbonyl (C=O) groups excluding carboxylic acids is 2. The Bertz CT molecular complexity index is 1540. The molecule has 1 aliphatic heterocycles. The Labute approximate surface area is 248 Å². The lowest BCUT2D eigenvalue weighted by atomic mass is 9.92. The summed E-state index contributed by atoms with van der Waals surface area (Å²) in [5.74, 6) is 1.25. The maximum atomic E-state index is 11.6. The van der Waals surface area contributed by atoms with Crippen LogP contribution < -0.4 is 10.6 Å². The van der Waals surface area contributed by atoms with Gasteiger partial charge in [-0.1, -0.05) is 32.9 Å². The van der Waals surface area contributed by atoms with Crippen molar-refractivity contribution in [1.82, 2.24) is 34.2 Å². The molecule has 0 radical (unpaired) electrons. The van der Waals surface area contributed by atoms with Crippen LogP contribution in [0, 0.1) is 5.41 Å². The van der Waals surface area contributed by atoms with Crippen LogP contribution in [0.3, 0.4) is 0 Å². The quantitative estimate of drug-likeness (QED) is 0.204. The normalized spacial score (nSPS) is 20.3. The number of hydrogen-bond donors (Lipinski definition) is 2. The van der Waals surface area contributed by atoms with Crippen LogP contribution in [0.15, 0.2) is 29.4 Å². The Morgan fingerprint density at radius 3 is 2.49 bits per heavy atom. The van der Waals surface area contributed by atoms with Gasteiger partial charge in [-0.05, 0) is 18.3 Å². The third kappa shape index (κ3) is 6.77. The number of aryl methyl sites for hydroxylation is 2. The maximum Gasteiger partial charge on any atom is 0.293 e. The number of rotatable bonds is 14. The molecule has 2 N–H and O–H groups in total. The number of aromatic nitrogens is 7. The summed E-state index contributed by atoms with van der Waals surface area (Å²) in [7, 11) is 1.92. The lowest BCUT2D eigenvalue weighted by Crippen LogP contribution is -2.34. The van der Waals surface area contributed by atoms with Gasteiger partial charge in [-0.15, -0.1) is 0 Å². The van der Waals surface area contributed by atoms with Gasteiger partial charge in [0.1, 0.15) is 0 Å². The number of fused-ring (bicyclic) bond motifs is 1. The van der Waals surface area contributed by atoms with E-state index < -0.39 is 24.5 Å². The van der Waals surface area contributed by atoms with Gasteiger partial charge in [0.05, 0.1) is 24.0 Å². The Balaban J connectivity index is 1.49. The minimum atomic E-state index is -1.03. The molecule has 0 aromatic carbocycles. The molecule has 0 bridgehead atoms. The second kappa shape index (κ2) is 12.8. The standard InChI is InChI=1S/C28H37N9O6/c1-6-17-11-19(43-35-17)21-22(40-15-38)23(41-16-39)26(42-21)37-14-32-20-24(29-10-8-28(2,3)4)33-27(34-25(20)37)30-9-7-18-12-36(5)13-31-18/h11-16,21-23,26H,6-10H2,1-5H3,(H2,29,30,33,34)/t21-,22-,23-,26-/m1/s1. The van der Waals surface area contributed by atoms with Gasteiger partial charge >= 0.3 is 0 Å². The summed E-state index contributed by atoms with van der Waals surface area (Å²) in [5.41, 5.74) is 2.68. The molecule has 0 amide bonds. The smallest absolute Gasteiger partial charge is 0.293 e. The van der Waals surface area contributed by atoms with E-state index in [9.17, 15) is 9.59 Å². The number of nitrogens with zero attached hydrogens (tertiary/aromatic N) is 7. The molecule has 230 valence electrons. The van der Waals surface area contributed by atoms with Crippen LogP contribution in [0.4, 0.5) is 11.8 Å². The zero-order chi connectivity index (χ0) is 30.6. The van der Waals surface area contributed by atoms with Gasteiger partial charge in [0.25, 0.3) is 12.9 Å². The first-order valence-electron chi connectivity index (χ1n) is 14.2. The molecule has 15 heteroatoms. The van der Waals surface area contributed by atoms with E-state index in [-0.39, 0.29) is 11.9 Å². The van der Waals surface area contributed by atoms with Crippen LogP contribution in [-0.2, 0) is 43.7 Å². The monoisotopic (exact) mass is 595 g/mol. The fraction of sp³-hybridized carbons (Fsp3) is 0.536. The largest absolute Gasteiger partial charge is 0.457 e. The van der Waals surface area contributed by atoms with Crippen molar-refractivity contribution in [2.24, 2.45) is 12.5 Å². The molecule has 43 heavy (non-hydrogen) atoms. The van der Waals surface area contributed by atoms with Crippen molar-refractivity contribution in [3.63, 3.8) is 0 Å². The molecule has 5 heterocycles. The molecule has 5 rings (SSSR count). The van der Waals surface area contributed by atoms with Gasteiger partial charge in [-0.25, -0.2) is 9.97 Å². The van der Waals surface area contributed by atoms with Crippen LogP contribution in [0.25, 0.3) is 11.2 Å². The van der Waals surface area contributed by atoms with E-state index in [1.165, 1.54) is 6.33 Å². The molecule has 4 aromatic heterocycles. The van der Waals surface area contributed by atoms with Gasteiger partial charge in [0.15, 0.2) is 47.3 Å². The maximum absolute atomic E-state index is 11.6. The summed E-state index contributed by atoms with van der Waals surface area (Å²) in [6.07, 6.45) is 3.54. The molecule has 4 atom stereocenters. The Morgan fingerprint density at radius 2 is 1.81 bits per heavy atom. The number of hydrogen-bond acceptors (Lipinski definition) is 13. The zero-order valence-electron chi connectivity index (χ0n) is 24.9. The van der Waals surface area contributed by atoms with Crippen molar-refractivity contribution in [1.29, 1.82) is 0 Å². The summed E-state index contributed by atoms with van der Waals surface area (Å²) < 4.78 is 26.2. The summed E-state index contributed by atoms with van der Waals surface area (Å²) in [4.78, 5) is 41.5. The molecule has 15 nitrogen and oxygen atoms in total. The van der Waals surface area contributed by atoms with E-state index in [2.05, 4.69) is 46.5 Å². The third-order valence-electron chi connectivity index (χ3n) is 7.12. The number of carbonyl (C=O) groups is 2. The molecular weight excluding hydrogens is 558 g/mol. The van der Waals surface area contributed by atoms with Gasteiger partial charge in [0.2, 0.25) is 5.95 Å². The number of anilines is 2. The second-order valence-electron chi connectivity index (χ2n) is 11.6. The van der Waals surface area contributed by atoms with Crippen molar-refractivity contribution in [3.05, 3.63) is 42.1 Å². The first-order valence-corrected chi connectivity index (χ1v) is 14.2. The average Bonchev–Trinajstić information content (AvgIpc) is 3.75. The van der Waals surface area contributed by atoms with Crippen molar-refractivity contribution in [3.8, 4) is 0 Å². The molecule has 1 saturated heterocycles. The molecule has 1 aliphatic rings. The van der Waals surface area contributed by atoms with Gasteiger partial charge in [0, 0.05) is 38.8 Å². The van der Waals surface area contributed by atoms with Crippen molar-refractivity contribution >= 4 is 35.9 Å². The number of imidazole rings is 2. The van der Waals surface area contributed by atoms with E-state index in [1.807, 2.05) is 24.7 Å². The number of nitrogens with one attached hydrogen (secondary N) is 2. The summed E-state index contributed by atoms with van der Waals surface area (Å²) in [6, 6.07) is 1.72. The molecule has 1 fully saturated rings. The van der Waals surface area contributed by atoms with Gasteiger partial charge in [-0.2, -0.15) is 9.97 Å². The van der Waals surface area contributed by atoms with E-state index in [1.54, 1.807) is 17.0 Å². The zero-order valence-corrected chi connectivity index (χ0v) is 24.9. The molecule has 0 saturated carbocycles. The van der Waals surface area contributed by atoms with E-state index in [0.29, 0.717) is 66.8 Å². The minimum absolute atomic E-state index is 0.111. The lowest BCUT2D eigenvalue weighted by Gasteiger charge is -2.21. The van der Waals surface area contributed by atoms with E-state index in [0.717, 1.165) is 12.1 Å². The van der Waals surface area contributed by atoms with Crippen LogP contribution in [-0.4, -0.2) is 72.5 Å². The van der Waals surface area contributed by atoms with Crippen LogP contribution >= 0.6 is 0 Å². The molecule has 4 aromatic rings. The predicted octanol–water partition coefficient (Wildman–Crippen LogP) is 2.97. The van der Waals surface area contributed by atoms with Crippen molar-refractivity contribution in [2.45, 2.75) is 71.5 Å².